The average molecular weight is 337 g/mol. The van der Waals surface area contributed by atoms with Gasteiger partial charge in [0, 0.05) is 24.6 Å². The molecule has 7 heteroatoms. The molecule has 1 aromatic rings. The van der Waals surface area contributed by atoms with Gasteiger partial charge in [-0.15, -0.1) is 0 Å². The zero-order valence-corrected chi connectivity index (χ0v) is 11.7. The zero-order valence-electron chi connectivity index (χ0n) is 10.1. The Kier molecular flexibility index (Phi) is 3.87. The zero-order chi connectivity index (χ0) is 14.2. The number of carbonyl (C=O) groups is 1. The molecular weight excluding hydrogens is 325 g/mol. The van der Waals surface area contributed by atoms with Crippen molar-refractivity contribution in [1.29, 1.82) is 0 Å². The number of hydrogen-bond donors (Lipinski definition) is 1. The summed E-state index contributed by atoms with van der Waals surface area (Å²) in [5.74, 6) is -0.413. The van der Waals surface area contributed by atoms with Crippen molar-refractivity contribution in [2.24, 2.45) is 0 Å². The molecule has 1 fully saturated rings. The van der Waals surface area contributed by atoms with E-state index in [0.29, 0.717) is 17.6 Å². The number of nitrogens with one attached hydrogen (secondary N) is 1. The van der Waals surface area contributed by atoms with E-state index in [0.717, 1.165) is 12.1 Å². The third-order valence-electron chi connectivity index (χ3n) is 3.15. The standard InChI is InChI=1S/C12H12BrF3N2O/c1-18(8-5-17-6-8)11(19)9-4-7(12(14,15)16)2-3-10(9)13/h2-4,8,17H,5-6H2,1H3. The molecule has 0 aromatic heterocycles. The fourth-order valence-electron chi connectivity index (χ4n) is 1.77. The summed E-state index contributed by atoms with van der Waals surface area (Å²) >= 11 is 3.12. The van der Waals surface area contributed by atoms with Crippen LogP contribution in [0.15, 0.2) is 22.7 Å². The smallest absolute Gasteiger partial charge is 0.336 e. The van der Waals surface area contributed by atoms with Crippen LogP contribution in [0.4, 0.5) is 13.2 Å². The lowest BCUT2D eigenvalue weighted by molar-refractivity contribution is -0.137. The molecule has 1 saturated heterocycles. The topological polar surface area (TPSA) is 32.3 Å². The molecule has 19 heavy (non-hydrogen) atoms. The molecule has 0 saturated carbocycles. The Morgan fingerprint density at radius 3 is 2.53 bits per heavy atom. The molecule has 1 amide bonds. The maximum absolute atomic E-state index is 12.6. The molecule has 104 valence electrons. The number of amides is 1. The number of nitrogens with zero attached hydrogens (tertiary/aromatic N) is 1. The number of halogens is 4. The second-order valence-corrected chi connectivity index (χ2v) is 5.27. The largest absolute Gasteiger partial charge is 0.416 e. The minimum atomic E-state index is -4.45. The minimum absolute atomic E-state index is 0.0317. The van der Waals surface area contributed by atoms with E-state index in [-0.39, 0.29) is 11.6 Å². The van der Waals surface area contributed by atoms with E-state index < -0.39 is 17.6 Å². The van der Waals surface area contributed by atoms with Gasteiger partial charge < -0.3 is 10.2 Å². The molecule has 1 aliphatic heterocycles. The molecule has 1 N–H and O–H groups in total. The summed E-state index contributed by atoms with van der Waals surface area (Å²) in [6.45, 7) is 1.33. The van der Waals surface area contributed by atoms with Crippen LogP contribution in [0, 0.1) is 0 Å². The van der Waals surface area contributed by atoms with Gasteiger partial charge in [0.1, 0.15) is 0 Å². The molecule has 0 bridgehead atoms. The minimum Gasteiger partial charge on any atom is -0.336 e. The lowest BCUT2D eigenvalue weighted by Crippen LogP contribution is -2.57. The molecule has 0 unspecified atom stereocenters. The van der Waals surface area contributed by atoms with Crippen molar-refractivity contribution in [1.82, 2.24) is 10.2 Å². The fraction of sp³-hybridized carbons (Fsp3) is 0.417. The predicted octanol–water partition coefficient (Wildman–Crippen LogP) is 2.51. The fourth-order valence-corrected chi connectivity index (χ4v) is 2.18. The van der Waals surface area contributed by atoms with Gasteiger partial charge in [0.2, 0.25) is 0 Å². The highest BCUT2D eigenvalue weighted by Gasteiger charge is 2.33. The Morgan fingerprint density at radius 1 is 1.42 bits per heavy atom. The van der Waals surface area contributed by atoms with Gasteiger partial charge in [-0.25, -0.2) is 0 Å². The van der Waals surface area contributed by atoms with Gasteiger partial charge in [-0.1, -0.05) is 0 Å². The van der Waals surface area contributed by atoms with Crippen molar-refractivity contribution >= 4 is 21.8 Å². The number of alkyl halides is 3. The molecule has 0 radical (unpaired) electrons. The Balaban J connectivity index is 2.30. The predicted molar refractivity (Wildman–Crippen MR) is 67.9 cm³/mol. The summed E-state index contributed by atoms with van der Waals surface area (Å²) in [6, 6.07) is 3.12. The van der Waals surface area contributed by atoms with Gasteiger partial charge in [-0.05, 0) is 34.1 Å². The van der Waals surface area contributed by atoms with Crippen LogP contribution in [-0.4, -0.2) is 37.0 Å². The van der Waals surface area contributed by atoms with Crippen molar-refractivity contribution in [3.05, 3.63) is 33.8 Å². The number of benzene rings is 1. The summed E-state index contributed by atoms with van der Waals surface area (Å²) in [6.07, 6.45) is -4.45. The summed E-state index contributed by atoms with van der Waals surface area (Å²) in [5.41, 5.74) is -0.789. The van der Waals surface area contributed by atoms with E-state index in [1.54, 1.807) is 7.05 Å². The maximum atomic E-state index is 12.6. The lowest BCUT2D eigenvalue weighted by atomic mass is 10.1. The van der Waals surface area contributed by atoms with Crippen molar-refractivity contribution in [3.8, 4) is 0 Å². The number of hydrogen-bond acceptors (Lipinski definition) is 2. The summed E-state index contributed by atoms with van der Waals surface area (Å²) in [7, 11) is 1.60. The van der Waals surface area contributed by atoms with Crippen molar-refractivity contribution in [2.45, 2.75) is 12.2 Å². The second kappa shape index (κ2) is 5.13. The SMILES string of the molecule is CN(C(=O)c1cc(C(F)(F)F)ccc1Br)C1CNC1. The number of rotatable bonds is 2. The summed E-state index contributed by atoms with van der Waals surface area (Å²) < 4.78 is 38.3. The van der Waals surface area contributed by atoms with E-state index in [1.807, 2.05) is 0 Å². The molecule has 3 nitrogen and oxygen atoms in total. The molecule has 1 aromatic carbocycles. The van der Waals surface area contributed by atoms with Crippen LogP contribution in [0.1, 0.15) is 15.9 Å². The van der Waals surface area contributed by atoms with E-state index >= 15 is 0 Å². The van der Waals surface area contributed by atoms with Crippen LogP contribution in [0.3, 0.4) is 0 Å². The monoisotopic (exact) mass is 336 g/mol. The summed E-state index contributed by atoms with van der Waals surface area (Å²) in [5, 5.41) is 3.01. The van der Waals surface area contributed by atoms with Crippen molar-refractivity contribution in [3.63, 3.8) is 0 Å². The molecule has 0 spiro atoms. The Hall–Kier alpha value is -1.08. The van der Waals surface area contributed by atoms with Crippen molar-refractivity contribution < 1.29 is 18.0 Å². The third-order valence-corrected chi connectivity index (χ3v) is 3.84. The van der Waals surface area contributed by atoms with Crippen LogP contribution in [0.5, 0.6) is 0 Å². The van der Waals surface area contributed by atoms with Gasteiger partial charge in [0.15, 0.2) is 0 Å². The first-order valence-electron chi connectivity index (χ1n) is 5.65. The van der Waals surface area contributed by atoms with E-state index in [9.17, 15) is 18.0 Å². The quantitative estimate of drug-likeness (QED) is 0.900. The van der Waals surface area contributed by atoms with E-state index in [4.69, 9.17) is 0 Å². The first kappa shape index (κ1) is 14.3. The Morgan fingerprint density at radius 2 is 2.05 bits per heavy atom. The molecule has 2 rings (SSSR count). The highest BCUT2D eigenvalue weighted by molar-refractivity contribution is 9.10. The Labute approximate surface area is 116 Å². The molecular formula is C12H12BrF3N2O. The first-order valence-corrected chi connectivity index (χ1v) is 6.44. The average Bonchev–Trinajstić information content (AvgIpc) is 2.24. The van der Waals surface area contributed by atoms with Crippen LogP contribution in [-0.2, 0) is 6.18 Å². The van der Waals surface area contributed by atoms with Crippen LogP contribution < -0.4 is 5.32 Å². The van der Waals surface area contributed by atoms with Gasteiger partial charge in [0.05, 0.1) is 17.2 Å². The van der Waals surface area contributed by atoms with Crippen LogP contribution >= 0.6 is 15.9 Å². The normalized spacial score (nSPS) is 16.1. The molecule has 1 heterocycles. The van der Waals surface area contributed by atoms with Gasteiger partial charge in [-0.3, -0.25) is 4.79 Å². The highest BCUT2D eigenvalue weighted by Crippen LogP contribution is 2.32. The van der Waals surface area contributed by atoms with Crippen LogP contribution in [0.25, 0.3) is 0 Å². The maximum Gasteiger partial charge on any atom is 0.416 e. The number of carbonyl (C=O) groups excluding carboxylic acids is 1. The molecule has 0 aliphatic carbocycles. The van der Waals surface area contributed by atoms with Crippen molar-refractivity contribution in [2.75, 3.05) is 20.1 Å². The third kappa shape index (κ3) is 2.92. The number of likely N-dealkylation sites (N-methyl/N-ethyl adjacent to an activating group) is 1. The Bertz CT molecular complexity index is 500. The van der Waals surface area contributed by atoms with E-state index in [1.165, 1.54) is 11.0 Å². The lowest BCUT2D eigenvalue weighted by Gasteiger charge is -2.35. The first-order chi connectivity index (χ1) is 8.80. The second-order valence-electron chi connectivity index (χ2n) is 4.42. The molecule has 1 aliphatic rings. The van der Waals surface area contributed by atoms with E-state index in [2.05, 4.69) is 21.2 Å². The van der Waals surface area contributed by atoms with Gasteiger partial charge >= 0.3 is 6.18 Å². The van der Waals surface area contributed by atoms with Gasteiger partial charge in [0.25, 0.3) is 5.91 Å². The summed E-state index contributed by atoms with van der Waals surface area (Å²) in [4.78, 5) is 13.6. The highest BCUT2D eigenvalue weighted by atomic mass is 79.9. The van der Waals surface area contributed by atoms with Gasteiger partial charge in [-0.2, -0.15) is 13.2 Å². The molecule has 0 atom stereocenters. The van der Waals surface area contributed by atoms with Crippen LogP contribution in [0.2, 0.25) is 0 Å².